The summed E-state index contributed by atoms with van der Waals surface area (Å²) in [5.74, 6) is -0.752. The van der Waals surface area contributed by atoms with Crippen LogP contribution >= 0.6 is 22.9 Å². The summed E-state index contributed by atoms with van der Waals surface area (Å²) in [6, 6.07) is 7.91. The molecule has 1 atom stereocenters. The highest BCUT2D eigenvalue weighted by Gasteiger charge is 2.32. The summed E-state index contributed by atoms with van der Waals surface area (Å²) in [5.41, 5.74) is 2.54. The largest absolute Gasteiger partial charge is 0.272 e. The van der Waals surface area contributed by atoms with Gasteiger partial charge in [0, 0.05) is 12.0 Å². The third-order valence-corrected chi connectivity index (χ3v) is 4.28. The maximum atomic E-state index is 13.4. The number of carbonyl (C=O) groups is 1. The van der Waals surface area contributed by atoms with Gasteiger partial charge in [-0.05, 0) is 34.5 Å². The number of halogens is 2. The van der Waals surface area contributed by atoms with E-state index in [4.69, 9.17) is 11.6 Å². The Labute approximate surface area is 130 Å². The Bertz CT molecular complexity index is 687. The van der Waals surface area contributed by atoms with Crippen molar-refractivity contribution in [1.82, 2.24) is 5.01 Å². The summed E-state index contributed by atoms with van der Waals surface area (Å²) in [4.78, 5) is 12.0. The Morgan fingerprint density at radius 3 is 3.00 bits per heavy atom. The monoisotopic (exact) mass is 322 g/mol. The Hall–Kier alpha value is -1.72. The minimum Gasteiger partial charge on any atom is -0.272 e. The maximum Gasteiger partial charge on any atom is 0.258 e. The zero-order valence-electron chi connectivity index (χ0n) is 11.0. The molecule has 1 aromatic heterocycles. The summed E-state index contributed by atoms with van der Waals surface area (Å²) in [7, 11) is 0. The molecular formula is C15H12ClFN2OS. The van der Waals surface area contributed by atoms with E-state index in [0.717, 1.165) is 16.8 Å². The van der Waals surface area contributed by atoms with Crippen LogP contribution in [0.4, 0.5) is 4.39 Å². The molecule has 0 bridgehead atoms. The van der Waals surface area contributed by atoms with Gasteiger partial charge in [-0.25, -0.2) is 9.40 Å². The SMILES string of the molecule is O=C(CCl)N1N=C(c2ccsc2)C[C@@H]1c1cccc(F)c1. The lowest BCUT2D eigenvalue weighted by Gasteiger charge is -2.21. The van der Waals surface area contributed by atoms with Gasteiger partial charge >= 0.3 is 0 Å². The number of carbonyl (C=O) groups excluding carboxylic acids is 1. The van der Waals surface area contributed by atoms with E-state index in [-0.39, 0.29) is 23.6 Å². The molecule has 0 saturated heterocycles. The number of benzene rings is 1. The highest BCUT2D eigenvalue weighted by atomic mass is 35.5. The molecule has 3 rings (SSSR count). The average Bonchev–Trinajstić information content (AvgIpc) is 3.15. The highest BCUT2D eigenvalue weighted by molar-refractivity contribution is 7.08. The molecule has 108 valence electrons. The van der Waals surface area contributed by atoms with Gasteiger partial charge in [0.15, 0.2) is 0 Å². The van der Waals surface area contributed by atoms with E-state index in [1.807, 2.05) is 16.8 Å². The zero-order valence-corrected chi connectivity index (χ0v) is 12.6. The zero-order chi connectivity index (χ0) is 14.8. The third kappa shape index (κ3) is 2.84. The lowest BCUT2D eigenvalue weighted by molar-refractivity contribution is -0.130. The number of alkyl halides is 1. The van der Waals surface area contributed by atoms with Crippen molar-refractivity contribution in [3.8, 4) is 0 Å². The van der Waals surface area contributed by atoms with E-state index in [1.54, 1.807) is 23.5 Å². The quantitative estimate of drug-likeness (QED) is 0.791. The smallest absolute Gasteiger partial charge is 0.258 e. The second-order valence-electron chi connectivity index (χ2n) is 4.71. The van der Waals surface area contributed by atoms with Crippen LogP contribution in [0, 0.1) is 5.82 Å². The topological polar surface area (TPSA) is 32.7 Å². The predicted molar refractivity (Wildman–Crippen MR) is 82.2 cm³/mol. The molecular weight excluding hydrogens is 311 g/mol. The van der Waals surface area contributed by atoms with Gasteiger partial charge in [0.1, 0.15) is 11.7 Å². The minimum absolute atomic E-state index is 0.147. The molecule has 3 nitrogen and oxygen atoms in total. The highest BCUT2D eigenvalue weighted by Crippen LogP contribution is 2.33. The Morgan fingerprint density at radius 1 is 1.48 bits per heavy atom. The fourth-order valence-electron chi connectivity index (χ4n) is 2.38. The molecule has 0 spiro atoms. The molecule has 0 saturated carbocycles. The molecule has 0 unspecified atom stereocenters. The summed E-state index contributed by atoms with van der Waals surface area (Å²) >= 11 is 7.23. The first-order chi connectivity index (χ1) is 10.2. The molecule has 0 fully saturated rings. The first-order valence-corrected chi connectivity index (χ1v) is 7.90. The molecule has 2 aromatic rings. The van der Waals surface area contributed by atoms with Crippen molar-refractivity contribution >= 4 is 34.6 Å². The van der Waals surface area contributed by atoms with E-state index >= 15 is 0 Å². The number of amides is 1. The van der Waals surface area contributed by atoms with Gasteiger partial charge in [0.05, 0.1) is 11.8 Å². The third-order valence-electron chi connectivity index (χ3n) is 3.37. The van der Waals surface area contributed by atoms with E-state index in [9.17, 15) is 9.18 Å². The maximum absolute atomic E-state index is 13.4. The Kier molecular flexibility index (Phi) is 4.03. The van der Waals surface area contributed by atoms with Gasteiger partial charge in [-0.1, -0.05) is 12.1 Å². The molecule has 21 heavy (non-hydrogen) atoms. The molecule has 0 N–H and O–H groups in total. The molecule has 1 amide bonds. The van der Waals surface area contributed by atoms with E-state index in [0.29, 0.717) is 6.42 Å². The van der Waals surface area contributed by atoms with Gasteiger partial charge in [-0.2, -0.15) is 16.4 Å². The van der Waals surface area contributed by atoms with Crippen molar-refractivity contribution in [2.45, 2.75) is 12.5 Å². The fraction of sp³-hybridized carbons (Fsp3) is 0.200. The van der Waals surface area contributed by atoms with Crippen molar-refractivity contribution in [3.63, 3.8) is 0 Å². The summed E-state index contributed by atoms with van der Waals surface area (Å²) in [5, 5.41) is 9.70. The van der Waals surface area contributed by atoms with Crippen LogP contribution in [0.3, 0.4) is 0 Å². The van der Waals surface area contributed by atoms with Crippen LogP contribution in [0.5, 0.6) is 0 Å². The van der Waals surface area contributed by atoms with Crippen molar-refractivity contribution in [1.29, 1.82) is 0 Å². The van der Waals surface area contributed by atoms with Crippen LogP contribution in [0.1, 0.15) is 23.6 Å². The standard InChI is InChI=1S/C15H12ClFN2OS/c16-8-15(20)19-14(10-2-1-3-12(17)6-10)7-13(18-19)11-4-5-21-9-11/h1-6,9,14H,7-8H2/t14-/m1/s1. The minimum atomic E-state index is -0.324. The van der Waals surface area contributed by atoms with Crippen LogP contribution in [-0.4, -0.2) is 22.5 Å². The van der Waals surface area contributed by atoms with Gasteiger partial charge < -0.3 is 0 Å². The summed E-state index contributed by atoms with van der Waals surface area (Å²) < 4.78 is 13.4. The number of nitrogens with zero attached hydrogens (tertiary/aromatic N) is 2. The van der Waals surface area contributed by atoms with Crippen molar-refractivity contribution in [2.75, 3.05) is 5.88 Å². The number of hydrazone groups is 1. The molecule has 1 aliphatic heterocycles. The number of hydrogen-bond acceptors (Lipinski definition) is 3. The van der Waals surface area contributed by atoms with E-state index in [2.05, 4.69) is 5.10 Å². The lowest BCUT2D eigenvalue weighted by Crippen LogP contribution is -2.28. The lowest BCUT2D eigenvalue weighted by atomic mass is 9.99. The Balaban J connectivity index is 1.95. The molecule has 2 heterocycles. The van der Waals surface area contributed by atoms with Crippen LogP contribution in [0.2, 0.25) is 0 Å². The second kappa shape index (κ2) is 5.95. The summed E-state index contributed by atoms with van der Waals surface area (Å²) in [6.07, 6.45) is 0.558. The van der Waals surface area contributed by atoms with Crippen molar-refractivity contribution in [2.24, 2.45) is 5.10 Å². The molecule has 0 aliphatic carbocycles. The van der Waals surface area contributed by atoms with Gasteiger partial charge in [0.2, 0.25) is 0 Å². The van der Waals surface area contributed by atoms with E-state index in [1.165, 1.54) is 17.1 Å². The first-order valence-electron chi connectivity index (χ1n) is 6.42. The van der Waals surface area contributed by atoms with Crippen LogP contribution < -0.4 is 0 Å². The fourth-order valence-corrected chi connectivity index (χ4v) is 3.17. The van der Waals surface area contributed by atoms with Crippen LogP contribution in [0.15, 0.2) is 46.2 Å². The average molecular weight is 323 g/mol. The molecule has 1 aliphatic rings. The molecule has 6 heteroatoms. The van der Waals surface area contributed by atoms with Crippen molar-refractivity contribution in [3.05, 3.63) is 58.0 Å². The summed E-state index contributed by atoms with van der Waals surface area (Å²) in [6.45, 7) is 0. The molecule has 1 aromatic carbocycles. The second-order valence-corrected chi connectivity index (χ2v) is 5.75. The number of hydrogen-bond donors (Lipinski definition) is 0. The van der Waals surface area contributed by atoms with Gasteiger partial charge in [0.25, 0.3) is 5.91 Å². The normalized spacial score (nSPS) is 17.9. The Morgan fingerprint density at radius 2 is 2.33 bits per heavy atom. The van der Waals surface area contributed by atoms with Crippen LogP contribution in [-0.2, 0) is 4.79 Å². The first kappa shape index (κ1) is 14.2. The van der Waals surface area contributed by atoms with Gasteiger partial charge in [-0.3, -0.25) is 4.79 Å². The predicted octanol–water partition coefficient (Wildman–Crippen LogP) is 3.80. The number of rotatable bonds is 3. The van der Waals surface area contributed by atoms with Crippen LogP contribution in [0.25, 0.3) is 0 Å². The van der Waals surface area contributed by atoms with Crippen molar-refractivity contribution < 1.29 is 9.18 Å². The molecule has 0 radical (unpaired) electrons. The number of thiophene rings is 1. The van der Waals surface area contributed by atoms with E-state index < -0.39 is 0 Å². The van der Waals surface area contributed by atoms with Gasteiger partial charge in [-0.15, -0.1) is 11.6 Å².